The van der Waals surface area contributed by atoms with Gasteiger partial charge >= 0.3 is 0 Å². The van der Waals surface area contributed by atoms with E-state index in [0.717, 1.165) is 0 Å². The van der Waals surface area contributed by atoms with Crippen molar-refractivity contribution in [3.63, 3.8) is 0 Å². The number of rotatable bonds is 6. The van der Waals surface area contributed by atoms with Crippen LogP contribution in [0.15, 0.2) is 41.5 Å². The number of carbonyl (C=O) groups excluding carboxylic acids is 1. The number of carbonyl (C=O) groups is 1. The van der Waals surface area contributed by atoms with Crippen LogP contribution in [0.3, 0.4) is 0 Å². The number of hydrogen-bond donors (Lipinski definition) is 3. The van der Waals surface area contributed by atoms with Gasteiger partial charge < -0.3 is 19.7 Å². The fourth-order valence-corrected chi connectivity index (χ4v) is 2.21. The number of benzene rings is 2. The lowest BCUT2D eigenvalue weighted by Crippen LogP contribution is -2.20. The van der Waals surface area contributed by atoms with E-state index in [2.05, 4.69) is 10.5 Å². The smallest absolute Gasteiger partial charge is 0.271 e. The Balaban J connectivity index is 2.27. The lowest BCUT2D eigenvalue weighted by Gasteiger charge is -2.09. The molecule has 0 bridgehead atoms. The Morgan fingerprint density at radius 2 is 1.72 bits per heavy atom. The van der Waals surface area contributed by atoms with Crippen molar-refractivity contribution in [2.24, 2.45) is 5.10 Å². The Morgan fingerprint density at radius 3 is 2.28 bits per heavy atom. The number of ether oxygens (including phenoxy) is 2. The normalized spacial score (nSPS) is 11.1. The molecule has 0 aliphatic rings. The Kier molecular flexibility index (Phi) is 5.84. The van der Waals surface area contributed by atoms with Crippen LogP contribution in [0.5, 0.6) is 23.0 Å². The minimum Gasteiger partial charge on any atom is -0.508 e. The topological polar surface area (TPSA) is 100 Å². The van der Waals surface area contributed by atoms with Crippen molar-refractivity contribution in [3.8, 4) is 23.0 Å². The van der Waals surface area contributed by atoms with Crippen molar-refractivity contribution in [2.45, 2.75) is 13.3 Å². The molecule has 7 heteroatoms. The van der Waals surface area contributed by atoms with Gasteiger partial charge in [-0.15, -0.1) is 0 Å². The molecule has 0 saturated carbocycles. The molecule has 0 aliphatic carbocycles. The second kappa shape index (κ2) is 8.05. The average molecular weight is 344 g/mol. The van der Waals surface area contributed by atoms with E-state index >= 15 is 0 Å². The molecular formula is C18H20N2O5. The van der Waals surface area contributed by atoms with Crippen LogP contribution in [-0.2, 0) is 0 Å². The molecule has 0 spiro atoms. The summed E-state index contributed by atoms with van der Waals surface area (Å²) in [6.45, 7) is 1.82. The van der Waals surface area contributed by atoms with Crippen LogP contribution < -0.4 is 14.9 Å². The maximum absolute atomic E-state index is 12.3. The number of nitrogens with zero attached hydrogens (tertiary/aromatic N) is 1. The number of nitrogens with one attached hydrogen (secondary N) is 1. The number of phenolic OH excluding ortho intramolecular Hbond substituents is 2. The summed E-state index contributed by atoms with van der Waals surface area (Å²) in [5.41, 5.74) is 3.54. The maximum Gasteiger partial charge on any atom is 0.271 e. The highest BCUT2D eigenvalue weighted by molar-refractivity contribution is 6.04. The molecule has 1 amide bonds. The molecule has 0 atom stereocenters. The van der Waals surface area contributed by atoms with E-state index in [-0.39, 0.29) is 11.5 Å². The Bertz CT molecular complexity index is 780. The fraction of sp³-hybridized carbons (Fsp3) is 0.222. The minimum absolute atomic E-state index is 0.00203. The molecule has 0 radical (unpaired) electrons. The molecule has 2 aromatic carbocycles. The van der Waals surface area contributed by atoms with Gasteiger partial charge in [0, 0.05) is 17.2 Å². The van der Waals surface area contributed by atoms with Gasteiger partial charge in [-0.05, 0) is 36.8 Å². The van der Waals surface area contributed by atoms with E-state index in [1.165, 1.54) is 32.4 Å². The highest BCUT2D eigenvalue weighted by Gasteiger charge is 2.12. The van der Waals surface area contributed by atoms with Crippen LogP contribution in [0.4, 0.5) is 0 Å². The van der Waals surface area contributed by atoms with Crippen LogP contribution in [-0.4, -0.2) is 36.1 Å². The monoisotopic (exact) mass is 344 g/mol. The van der Waals surface area contributed by atoms with Crippen molar-refractivity contribution in [3.05, 3.63) is 47.5 Å². The number of phenols is 2. The van der Waals surface area contributed by atoms with E-state index in [1.54, 1.807) is 18.2 Å². The average Bonchev–Trinajstić information content (AvgIpc) is 2.64. The number of amides is 1. The van der Waals surface area contributed by atoms with Crippen LogP contribution in [0.1, 0.15) is 29.3 Å². The molecule has 132 valence electrons. The van der Waals surface area contributed by atoms with Crippen molar-refractivity contribution in [2.75, 3.05) is 14.2 Å². The van der Waals surface area contributed by atoms with Gasteiger partial charge in [0.25, 0.3) is 5.91 Å². The van der Waals surface area contributed by atoms with Gasteiger partial charge in [-0.3, -0.25) is 4.79 Å². The fourth-order valence-electron chi connectivity index (χ4n) is 2.21. The molecule has 0 fully saturated rings. The zero-order chi connectivity index (χ0) is 18.4. The van der Waals surface area contributed by atoms with Crippen molar-refractivity contribution >= 4 is 11.6 Å². The molecule has 7 nitrogen and oxygen atoms in total. The third-order valence-corrected chi connectivity index (χ3v) is 3.53. The minimum atomic E-state index is -0.456. The summed E-state index contributed by atoms with van der Waals surface area (Å²) in [6, 6.07) is 8.90. The summed E-state index contributed by atoms with van der Waals surface area (Å²) in [6.07, 6.45) is 0.443. The predicted molar refractivity (Wildman–Crippen MR) is 93.6 cm³/mol. The summed E-state index contributed by atoms with van der Waals surface area (Å²) in [4.78, 5) is 12.3. The van der Waals surface area contributed by atoms with Gasteiger partial charge in [0.2, 0.25) is 0 Å². The largest absolute Gasteiger partial charge is 0.508 e. The van der Waals surface area contributed by atoms with Crippen LogP contribution in [0.2, 0.25) is 0 Å². The number of aromatic hydroxyl groups is 2. The zero-order valence-corrected chi connectivity index (χ0v) is 14.2. The van der Waals surface area contributed by atoms with E-state index in [0.29, 0.717) is 34.8 Å². The molecule has 0 unspecified atom stereocenters. The molecular weight excluding hydrogens is 324 g/mol. The Labute approximate surface area is 145 Å². The first-order valence-corrected chi connectivity index (χ1v) is 7.60. The zero-order valence-electron chi connectivity index (χ0n) is 14.2. The molecule has 0 heterocycles. The highest BCUT2D eigenvalue weighted by atomic mass is 16.5. The standard InChI is InChI=1S/C18H20N2O5/c1-4-16(15-9-12(21)5-6-17(15)22)19-20-18(23)11-7-13(24-2)10-14(8-11)25-3/h5-10,21-22H,4H2,1-3H3,(H,20,23). The Hall–Kier alpha value is -3.22. The summed E-state index contributed by atoms with van der Waals surface area (Å²) < 4.78 is 10.3. The lowest BCUT2D eigenvalue weighted by atomic mass is 10.1. The van der Waals surface area contributed by atoms with Gasteiger partial charge in [-0.25, -0.2) is 5.43 Å². The molecule has 0 aromatic heterocycles. The number of hydrogen-bond acceptors (Lipinski definition) is 6. The van der Waals surface area contributed by atoms with Crippen molar-refractivity contribution in [1.29, 1.82) is 0 Å². The number of hydrazone groups is 1. The van der Waals surface area contributed by atoms with Gasteiger partial charge in [0.15, 0.2) is 0 Å². The summed E-state index contributed by atoms with van der Waals surface area (Å²) in [7, 11) is 2.99. The summed E-state index contributed by atoms with van der Waals surface area (Å²) >= 11 is 0. The molecule has 2 aromatic rings. The lowest BCUT2D eigenvalue weighted by molar-refractivity contribution is 0.0954. The summed E-state index contributed by atoms with van der Waals surface area (Å²) in [5, 5.41) is 23.6. The van der Waals surface area contributed by atoms with E-state index < -0.39 is 5.91 Å². The van der Waals surface area contributed by atoms with E-state index in [4.69, 9.17) is 9.47 Å². The molecule has 25 heavy (non-hydrogen) atoms. The van der Waals surface area contributed by atoms with Gasteiger partial charge in [-0.2, -0.15) is 5.10 Å². The van der Waals surface area contributed by atoms with E-state index in [9.17, 15) is 15.0 Å². The van der Waals surface area contributed by atoms with Crippen LogP contribution in [0, 0.1) is 0 Å². The third-order valence-electron chi connectivity index (χ3n) is 3.53. The molecule has 0 aliphatic heterocycles. The number of methoxy groups -OCH3 is 2. The first-order valence-electron chi connectivity index (χ1n) is 7.60. The van der Waals surface area contributed by atoms with Gasteiger partial charge in [0.1, 0.15) is 23.0 Å². The predicted octanol–water partition coefficient (Wildman–Crippen LogP) is 2.66. The van der Waals surface area contributed by atoms with Crippen molar-refractivity contribution in [1.82, 2.24) is 5.43 Å². The van der Waals surface area contributed by atoms with Gasteiger partial charge in [0.05, 0.1) is 19.9 Å². The quantitative estimate of drug-likeness (QED) is 0.425. The van der Waals surface area contributed by atoms with Crippen LogP contribution >= 0.6 is 0 Å². The summed E-state index contributed by atoms with van der Waals surface area (Å²) in [5.74, 6) is 0.473. The highest BCUT2D eigenvalue weighted by Crippen LogP contribution is 2.24. The molecule has 0 saturated heterocycles. The SMILES string of the molecule is CCC(=NNC(=O)c1cc(OC)cc(OC)c1)c1cc(O)ccc1O. The molecule has 3 N–H and O–H groups in total. The van der Waals surface area contributed by atoms with Crippen molar-refractivity contribution < 1.29 is 24.5 Å². The molecule has 2 rings (SSSR count). The van der Waals surface area contributed by atoms with Crippen LogP contribution in [0.25, 0.3) is 0 Å². The second-order valence-corrected chi connectivity index (χ2v) is 5.16. The second-order valence-electron chi connectivity index (χ2n) is 5.16. The maximum atomic E-state index is 12.3. The van der Waals surface area contributed by atoms with Gasteiger partial charge in [-0.1, -0.05) is 6.92 Å². The third kappa shape index (κ3) is 4.41. The van der Waals surface area contributed by atoms with E-state index in [1.807, 2.05) is 6.92 Å². The Morgan fingerprint density at radius 1 is 1.08 bits per heavy atom. The first kappa shape index (κ1) is 18.1. The first-order chi connectivity index (χ1) is 12.0.